The molecule has 2 rings (SSSR count). The van der Waals surface area contributed by atoms with Gasteiger partial charge in [0.15, 0.2) is 0 Å². The standard InChI is InChI=1S/C14H14BrCl2NO/c1-8(18-2)5-10-3-4-13(19-10)14-11(16)6-9(15)7-12(14)17/h3-4,6-8,18H,5H2,1-2H3. The SMILES string of the molecule is CNC(C)Cc1ccc(-c2c(Cl)cc(Br)cc2Cl)o1. The normalized spacial score (nSPS) is 12.7. The summed E-state index contributed by atoms with van der Waals surface area (Å²) in [6.07, 6.45) is 0.822. The van der Waals surface area contributed by atoms with Gasteiger partial charge in [-0.05, 0) is 38.2 Å². The van der Waals surface area contributed by atoms with Crippen LogP contribution in [0.2, 0.25) is 10.0 Å². The first kappa shape index (κ1) is 14.9. The van der Waals surface area contributed by atoms with Gasteiger partial charge in [-0.2, -0.15) is 0 Å². The molecule has 0 aliphatic carbocycles. The van der Waals surface area contributed by atoms with E-state index in [4.69, 9.17) is 27.6 Å². The maximum Gasteiger partial charge on any atom is 0.137 e. The second-order valence-electron chi connectivity index (χ2n) is 4.40. The van der Waals surface area contributed by atoms with Gasteiger partial charge in [0, 0.05) is 16.9 Å². The lowest BCUT2D eigenvalue weighted by Crippen LogP contribution is -2.23. The van der Waals surface area contributed by atoms with Crippen LogP contribution in [0, 0.1) is 0 Å². The van der Waals surface area contributed by atoms with Gasteiger partial charge in [-0.25, -0.2) is 0 Å². The number of furan rings is 1. The molecule has 1 N–H and O–H groups in total. The number of hydrogen-bond donors (Lipinski definition) is 1. The minimum Gasteiger partial charge on any atom is -0.461 e. The van der Waals surface area contributed by atoms with E-state index in [0.29, 0.717) is 21.8 Å². The Morgan fingerprint density at radius 1 is 1.26 bits per heavy atom. The lowest BCUT2D eigenvalue weighted by molar-refractivity contribution is 0.481. The zero-order chi connectivity index (χ0) is 14.0. The molecule has 0 aliphatic heterocycles. The van der Waals surface area contributed by atoms with Gasteiger partial charge in [-0.1, -0.05) is 39.1 Å². The van der Waals surface area contributed by atoms with Crippen molar-refractivity contribution < 1.29 is 4.42 Å². The van der Waals surface area contributed by atoms with Gasteiger partial charge in [0.25, 0.3) is 0 Å². The fourth-order valence-corrected chi connectivity index (χ4v) is 3.20. The van der Waals surface area contributed by atoms with Gasteiger partial charge in [0.1, 0.15) is 11.5 Å². The fourth-order valence-electron chi connectivity index (χ4n) is 1.80. The second kappa shape index (κ2) is 6.31. The van der Waals surface area contributed by atoms with Gasteiger partial charge < -0.3 is 9.73 Å². The summed E-state index contributed by atoms with van der Waals surface area (Å²) in [4.78, 5) is 0. The van der Waals surface area contributed by atoms with Gasteiger partial charge in [0.05, 0.1) is 15.6 Å². The van der Waals surface area contributed by atoms with Crippen molar-refractivity contribution in [1.29, 1.82) is 0 Å². The largest absolute Gasteiger partial charge is 0.461 e. The maximum absolute atomic E-state index is 6.22. The Labute approximate surface area is 131 Å². The maximum atomic E-state index is 6.22. The molecule has 5 heteroatoms. The van der Waals surface area contributed by atoms with Crippen molar-refractivity contribution >= 4 is 39.1 Å². The molecule has 0 saturated heterocycles. The van der Waals surface area contributed by atoms with E-state index in [1.54, 1.807) is 12.1 Å². The van der Waals surface area contributed by atoms with Crippen LogP contribution in [-0.2, 0) is 6.42 Å². The van der Waals surface area contributed by atoms with E-state index in [1.165, 1.54) is 0 Å². The Hall–Kier alpha value is -0.480. The van der Waals surface area contributed by atoms with Crippen LogP contribution in [0.4, 0.5) is 0 Å². The molecule has 2 aromatic rings. The third kappa shape index (κ3) is 3.54. The van der Waals surface area contributed by atoms with Gasteiger partial charge in [0.2, 0.25) is 0 Å². The van der Waals surface area contributed by atoms with Crippen molar-refractivity contribution in [2.75, 3.05) is 7.05 Å². The minimum absolute atomic E-state index is 0.356. The summed E-state index contributed by atoms with van der Waals surface area (Å²) in [7, 11) is 1.93. The van der Waals surface area contributed by atoms with Crippen molar-refractivity contribution in [1.82, 2.24) is 5.32 Å². The molecule has 1 heterocycles. The van der Waals surface area contributed by atoms with Gasteiger partial charge in [-0.15, -0.1) is 0 Å². The number of nitrogens with one attached hydrogen (secondary N) is 1. The predicted molar refractivity (Wildman–Crippen MR) is 84.1 cm³/mol. The van der Waals surface area contributed by atoms with Crippen LogP contribution in [0.15, 0.2) is 33.2 Å². The Bertz CT molecular complexity index is 560. The average Bonchev–Trinajstić information content (AvgIpc) is 2.75. The molecule has 0 saturated carbocycles. The molecular weight excluding hydrogens is 349 g/mol. The number of benzene rings is 1. The summed E-state index contributed by atoms with van der Waals surface area (Å²) < 4.78 is 6.67. The van der Waals surface area contributed by atoms with Crippen LogP contribution in [0.5, 0.6) is 0 Å². The first-order chi connectivity index (χ1) is 9.01. The highest BCUT2D eigenvalue weighted by atomic mass is 79.9. The molecule has 1 atom stereocenters. The van der Waals surface area contributed by atoms with Crippen LogP contribution < -0.4 is 5.32 Å². The predicted octanol–water partition coefficient (Wildman–Crippen LogP) is 5.17. The zero-order valence-electron chi connectivity index (χ0n) is 10.6. The molecule has 102 valence electrons. The summed E-state index contributed by atoms with van der Waals surface area (Å²) >= 11 is 15.8. The Kier molecular flexibility index (Phi) is 4.96. The molecule has 0 spiro atoms. The Balaban J connectivity index is 2.33. The molecule has 0 radical (unpaired) electrons. The zero-order valence-corrected chi connectivity index (χ0v) is 13.7. The quantitative estimate of drug-likeness (QED) is 0.811. The van der Waals surface area contributed by atoms with Gasteiger partial charge >= 0.3 is 0 Å². The van der Waals surface area contributed by atoms with E-state index >= 15 is 0 Å². The second-order valence-corrected chi connectivity index (χ2v) is 6.13. The molecule has 0 aliphatic rings. The highest BCUT2D eigenvalue weighted by Crippen LogP contribution is 2.38. The summed E-state index contributed by atoms with van der Waals surface area (Å²) in [5.41, 5.74) is 0.731. The lowest BCUT2D eigenvalue weighted by Gasteiger charge is -2.08. The van der Waals surface area contributed by atoms with Crippen LogP contribution >= 0.6 is 39.1 Å². The number of hydrogen-bond acceptors (Lipinski definition) is 2. The molecule has 0 bridgehead atoms. The molecular formula is C14H14BrCl2NO. The molecule has 0 amide bonds. The summed E-state index contributed by atoms with van der Waals surface area (Å²) in [5, 5.41) is 4.32. The number of likely N-dealkylation sites (N-methyl/N-ethyl adjacent to an activating group) is 1. The first-order valence-corrected chi connectivity index (χ1v) is 7.47. The first-order valence-electron chi connectivity index (χ1n) is 5.92. The summed E-state index contributed by atoms with van der Waals surface area (Å²) in [6, 6.07) is 7.83. The van der Waals surface area contributed by atoms with Crippen molar-refractivity contribution in [3.05, 3.63) is 44.5 Å². The van der Waals surface area contributed by atoms with Crippen LogP contribution in [0.1, 0.15) is 12.7 Å². The number of halogens is 3. The highest BCUT2D eigenvalue weighted by molar-refractivity contribution is 9.10. The third-order valence-corrected chi connectivity index (χ3v) is 3.97. The van der Waals surface area contributed by atoms with E-state index in [0.717, 1.165) is 22.2 Å². The molecule has 2 nitrogen and oxygen atoms in total. The molecule has 19 heavy (non-hydrogen) atoms. The Morgan fingerprint density at radius 3 is 2.47 bits per heavy atom. The minimum atomic E-state index is 0.356. The van der Waals surface area contributed by atoms with Crippen LogP contribution in [0.3, 0.4) is 0 Å². The van der Waals surface area contributed by atoms with E-state index in [1.807, 2.05) is 19.2 Å². The lowest BCUT2D eigenvalue weighted by atomic mass is 10.1. The van der Waals surface area contributed by atoms with Crippen LogP contribution in [-0.4, -0.2) is 13.1 Å². The number of rotatable bonds is 4. The molecule has 1 aromatic heterocycles. The third-order valence-electron chi connectivity index (χ3n) is 2.92. The van der Waals surface area contributed by atoms with Gasteiger partial charge in [-0.3, -0.25) is 0 Å². The summed E-state index contributed by atoms with van der Waals surface area (Å²) in [5.74, 6) is 1.60. The van der Waals surface area contributed by atoms with Crippen molar-refractivity contribution in [2.24, 2.45) is 0 Å². The van der Waals surface area contributed by atoms with E-state index in [-0.39, 0.29) is 0 Å². The van der Waals surface area contributed by atoms with E-state index in [9.17, 15) is 0 Å². The fraction of sp³-hybridized carbons (Fsp3) is 0.286. The highest BCUT2D eigenvalue weighted by Gasteiger charge is 2.14. The van der Waals surface area contributed by atoms with E-state index in [2.05, 4.69) is 28.2 Å². The summed E-state index contributed by atoms with van der Waals surface area (Å²) in [6.45, 7) is 2.10. The van der Waals surface area contributed by atoms with E-state index < -0.39 is 0 Å². The molecule has 0 fully saturated rings. The average molecular weight is 363 g/mol. The molecule has 1 unspecified atom stereocenters. The van der Waals surface area contributed by atoms with Crippen LogP contribution in [0.25, 0.3) is 11.3 Å². The van der Waals surface area contributed by atoms with Crippen molar-refractivity contribution in [2.45, 2.75) is 19.4 Å². The Morgan fingerprint density at radius 2 is 1.89 bits per heavy atom. The monoisotopic (exact) mass is 361 g/mol. The molecule has 1 aromatic carbocycles. The van der Waals surface area contributed by atoms with Crippen molar-refractivity contribution in [3.8, 4) is 11.3 Å². The smallest absolute Gasteiger partial charge is 0.137 e. The van der Waals surface area contributed by atoms with Crippen molar-refractivity contribution in [3.63, 3.8) is 0 Å². The topological polar surface area (TPSA) is 25.2 Å².